The smallest absolute Gasteiger partial charge is 0.264 e. The van der Waals surface area contributed by atoms with E-state index >= 15 is 0 Å². The van der Waals surface area contributed by atoms with Crippen LogP contribution < -0.4 is 16.2 Å². The molecule has 1 unspecified atom stereocenters. The van der Waals surface area contributed by atoms with Gasteiger partial charge in [-0.2, -0.15) is 5.10 Å². The summed E-state index contributed by atoms with van der Waals surface area (Å²) in [5.74, 6) is -0.307. The standard InChI is InChI=1S/C26H26N5O4P/c1-3-34-36(35-4-2)20-14-12-19(13-15-20)23(18-9-6-5-7-10-18)29-25(32)21-17-27-24(30-26(21)33)22-11-8-16-28-31-22/h5-17,23H,3-4H2,1-2H3,(H,29,32)(H,27,30,33). The van der Waals surface area contributed by atoms with Gasteiger partial charge in [-0.1, -0.05) is 42.5 Å². The average Bonchev–Trinajstić information content (AvgIpc) is 2.92. The summed E-state index contributed by atoms with van der Waals surface area (Å²) in [4.78, 5) is 32.7. The van der Waals surface area contributed by atoms with Crippen LogP contribution in [0.3, 0.4) is 0 Å². The number of carbonyl (C=O) groups excluding carboxylic acids is 1. The molecule has 0 radical (unpaired) electrons. The minimum Gasteiger partial charge on any atom is -0.341 e. The Morgan fingerprint density at radius 3 is 2.28 bits per heavy atom. The summed E-state index contributed by atoms with van der Waals surface area (Å²) in [5, 5.41) is 11.6. The minimum atomic E-state index is -1.17. The maximum absolute atomic E-state index is 13.2. The Labute approximate surface area is 209 Å². The highest BCUT2D eigenvalue weighted by Crippen LogP contribution is 2.37. The van der Waals surface area contributed by atoms with E-state index in [-0.39, 0.29) is 11.4 Å². The van der Waals surface area contributed by atoms with Crippen molar-refractivity contribution in [1.29, 1.82) is 0 Å². The Hall–Kier alpha value is -3.78. The van der Waals surface area contributed by atoms with Crippen LogP contribution in [0.4, 0.5) is 0 Å². The molecule has 2 N–H and O–H groups in total. The predicted octanol–water partition coefficient (Wildman–Crippen LogP) is 3.76. The molecule has 0 fully saturated rings. The molecule has 2 heterocycles. The van der Waals surface area contributed by atoms with Gasteiger partial charge in [0, 0.05) is 17.7 Å². The number of carbonyl (C=O) groups is 1. The van der Waals surface area contributed by atoms with Crippen LogP contribution in [0.2, 0.25) is 0 Å². The van der Waals surface area contributed by atoms with Gasteiger partial charge in [-0.3, -0.25) is 9.59 Å². The minimum absolute atomic E-state index is 0.101. The van der Waals surface area contributed by atoms with Crippen LogP contribution in [-0.2, 0) is 9.05 Å². The number of H-pyrrole nitrogens is 1. The van der Waals surface area contributed by atoms with Crippen LogP contribution in [0.1, 0.15) is 41.4 Å². The first-order valence-electron chi connectivity index (χ1n) is 11.5. The maximum Gasteiger partial charge on any atom is 0.264 e. The van der Waals surface area contributed by atoms with E-state index in [4.69, 9.17) is 9.05 Å². The summed E-state index contributed by atoms with van der Waals surface area (Å²) in [6.45, 7) is 4.96. The van der Waals surface area contributed by atoms with Gasteiger partial charge in [0.2, 0.25) is 8.38 Å². The average molecular weight is 503 g/mol. The largest absolute Gasteiger partial charge is 0.341 e. The molecule has 0 aliphatic carbocycles. The first kappa shape index (κ1) is 25.3. The van der Waals surface area contributed by atoms with Crippen molar-refractivity contribution in [2.45, 2.75) is 19.9 Å². The van der Waals surface area contributed by atoms with Crippen molar-refractivity contribution < 1.29 is 13.8 Å². The SMILES string of the molecule is CCOP(OCC)c1ccc(C(NC(=O)c2cnc(-c3cccnn3)[nH]c2=O)c2ccccc2)cc1. The Morgan fingerprint density at radius 2 is 1.67 bits per heavy atom. The number of aromatic nitrogens is 4. The van der Waals surface area contributed by atoms with Crippen molar-refractivity contribution in [3.63, 3.8) is 0 Å². The fourth-order valence-electron chi connectivity index (χ4n) is 3.54. The van der Waals surface area contributed by atoms with Gasteiger partial charge in [0.1, 0.15) is 11.3 Å². The molecule has 36 heavy (non-hydrogen) atoms. The third-order valence-corrected chi connectivity index (χ3v) is 6.90. The van der Waals surface area contributed by atoms with E-state index in [1.165, 1.54) is 12.4 Å². The van der Waals surface area contributed by atoms with Crippen LogP contribution in [-0.4, -0.2) is 39.3 Å². The normalized spacial score (nSPS) is 11.9. The van der Waals surface area contributed by atoms with Gasteiger partial charge in [-0.25, -0.2) is 4.98 Å². The molecule has 0 aliphatic heterocycles. The first-order chi connectivity index (χ1) is 17.6. The highest BCUT2D eigenvalue weighted by molar-refractivity contribution is 7.56. The van der Waals surface area contributed by atoms with E-state index in [1.54, 1.807) is 12.1 Å². The number of benzene rings is 2. The zero-order chi connectivity index (χ0) is 25.3. The van der Waals surface area contributed by atoms with Gasteiger partial charge in [-0.15, -0.1) is 5.10 Å². The molecule has 4 rings (SSSR count). The van der Waals surface area contributed by atoms with E-state index in [9.17, 15) is 9.59 Å². The van der Waals surface area contributed by atoms with Crippen molar-refractivity contribution in [3.8, 4) is 11.5 Å². The van der Waals surface area contributed by atoms with Gasteiger partial charge < -0.3 is 19.3 Å². The predicted molar refractivity (Wildman–Crippen MR) is 138 cm³/mol. The van der Waals surface area contributed by atoms with Crippen molar-refractivity contribution >= 4 is 19.6 Å². The molecule has 9 nitrogen and oxygen atoms in total. The number of rotatable bonds is 10. The molecule has 1 atom stereocenters. The lowest BCUT2D eigenvalue weighted by atomic mass is 9.98. The highest BCUT2D eigenvalue weighted by Gasteiger charge is 2.21. The molecule has 4 aromatic rings. The van der Waals surface area contributed by atoms with Crippen LogP contribution in [0.25, 0.3) is 11.5 Å². The second-order valence-electron chi connectivity index (χ2n) is 7.58. The summed E-state index contributed by atoms with van der Waals surface area (Å²) in [6.07, 6.45) is 2.77. The number of aromatic amines is 1. The number of hydrogen-bond acceptors (Lipinski definition) is 7. The summed E-state index contributed by atoms with van der Waals surface area (Å²) in [6, 6.07) is 20.2. The summed E-state index contributed by atoms with van der Waals surface area (Å²) in [7, 11) is -1.17. The summed E-state index contributed by atoms with van der Waals surface area (Å²) in [5.41, 5.74) is 1.46. The Balaban J connectivity index is 1.61. The van der Waals surface area contributed by atoms with E-state index in [2.05, 4.69) is 25.5 Å². The van der Waals surface area contributed by atoms with Gasteiger partial charge in [0.25, 0.3) is 11.5 Å². The van der Waals surface area contributed by atoms with E-state index in [0.29, 0.717) is 18.9 Å². The highest BCUT2D eigenvalue weighted by atomic mass is 31.2. The summed E-state index contributed by atoms with van der Waals surface area (Å²) < 4.78 is 11.5. The molecule has 10 heteroatoms. The first-order valence-corrected chi connectivity index (χ1v) is 12.7. The Kier molecular flexibility index (Phi) is 8.62. The number of hydrogen-bond donors (Lipinski definition) is 2. The van der Waals surface area contributed by atoms with Crippen LogP contribution in [0.5, 0.6) is 0 Å². The number of nitrogens with one attached hydrogen (secondary N) is 2. The molecule has 184 valence electrons. The molecule has 1 amide bonds. The number of nitrogens with zero attached hydrogens (tertiary/aromatic N) is 3. The molecule has 0 saturated carbocycles. The summed E-state index contributed by atoms with van der Waals surface area (Å²) >= 11 is 0. The fraction of sp³-hybridized carbons (Fsp3) is 0.192. The van der Waals surface area contributed by atoms with E-state index < -0.39 is 25.9 Å². The topological polar surface area (TPSA) is 119 Å². The molecule has 0 saturated heterocycles. The molecular formula is C26H26N5O4P. The Morgan fingerprint density at radius 1 is 0.972 bits per heavy atom. The lowest BCUT2D eigenvalue weighted by molar-refractivity contribution is 0.0941. The van der Waals surface area contributed by atoms with E-state index in [0.717, 1.165) is 16.4 Å². The molecular weight excluding hydrogens is 477 g/mol. The zero-order valence-electron chi connectivity index (χ0n) is 19.9. The quantitative estimate of drug-likeness (QED) is 0.316. The zero-order valence-corrected chi connectivity index (χ0v) is 20.8. The van der Waals surface area contributed by atoms with Crippen molar-refractivity contribution in [2.75, 3.05) is 13.2 Å². The van der Waals surface area contributed by atoms with Gasteiger partial charge in [0.15, 0.2) is 5.82 Å². The third kappa shape index (κ3) is 6.07. The molecule has 0 aliphatic rings. The molecule has 2 aromatic carbocycles. The van der Waals surface area contributed by atoms with Gasteiger partial charge in [-0.05, 0) is 49.2 Å². The molecule has 0 spiro atoms. The lowest BCUT2D eigenvalue weighted by Crippen LogP contribution is -2.33. The van der Waals surface area contributed by atoms with Crippen molar-refractivity contribution in [2.24, 2.45) is 0 Å². The lowest BCUT2D eigenvalue weighted by Gasteiger charge is -2.21. The van der Waals surface area contributed by atoms with Crippen molar-refractivity contribution in [3.05, 3.63) is 106 Å². The fourth-order valence-corrected chi connectivity index (χ4v) is 4.77. The van der Waals surface area contributed by atoms with E-state index in [1.807, 2.05) is 68.4 Å². The molecule has 2 aromatic heterocycles. The van der Waals surface area contributed by atoms with Gasteiger partial charge in [0.05, 0.1) is 19.3 Å². The van der Waals surface area contributed by atoms with Gasteiger partial charge >= 0.3 is 0 Å². The second-order valence-corrected chi connectivity index (χ2v) is 9.13. The van der Waals surface area contributed by atoms with Crippen LogP contribution in [0.15, 0.2) is 83.9 Å². The maximum atomic E-state index is 13.2. The third-order valence-electron chi connectivity index (χ3n) is 5.20. The second kappa shape index (κ2) is 12.3. The Bertz CT molecular complexity index is 1330. The van der Waals surface area contributed by atoms with Crippen LogP contribution in [0, 0.1) is 0 Å². The monoisotopic (exact) mass is 503 g/mol. The van der Waals surface area contributed by atoms with Crippen molar-refractivity contribution in [1.82, 2.24) is 25.5 Å². The van der Waals surface area contributed by atoms with Crippen LogP contribution >= 0.6 is 8.38 Å². The molecule has 0 bridgehead atoms. The number of amides is 1.